The summed E-state index contributed by atoms with van der Waals surface area (Å²) in [6, 6.07) is 1.48. The number of carbonyl (C=O) groups is 1. The molecule has 0 fully saturated rings. The molecule has 1 aromatic rings. The Hall–Kier alpha value is -1.73. The van der Waals surface area contributed by atoms with Crippen LogP contribution >= 0.6 is 0 Å². The quantitative estimate of drug-likeness (QED) is 0.447. The fraction of sp³-hybridized carbons (Fsp3) is 0.583. The molecule has 1 rings (SSSR count). The lowest BCUT2D eigenvalue weighted by atomic mass is 9.91. The van der Waals surface area contributed by atoms with E-state index in [-0.39, 0.29) is 17.5 Å². The van der Waals surface area contributed by atoms with Crippen LogP contribution in [0.3, 0.4) is 0 Å². The first kappa shape index (κ1) is 15.3. The van der Waals surface area contributed by atoms with E-state index in [0.717, 1.165) is 0 Å². The summed E-state index contributed by atoms with van der Waals surface area (Å²) in [5.74, 6) is 4.47. The van der Waals surface area contributed by atoms with Crippen molar-refractivity contribution in [2.24, 2.45) is 5.84 Å². The van der Waals surface area contributed by atoms with Crippen LogP contribution < -0.4 is 16.8 Å². The van der Waals surface area contributed by atoms with E-state index < -0.39 is 11.5 Å². The molecule has 0 saturated heterocycles. The maximum absolute atomic E-state index is 12.1. The summed E-state index contributed by atoms with van der Waals surface area (Å²) in [7, 11) is 1.53. The van der Waals surface area contributed by atoms with Gasteiger partial charge in [0.2, 0.25) is 0 Å². The summed E-state index contributed by atoms with van der Waals surface area (Å²) in [6.07, 6.45) is 0. The molecule has 0 spiro atoms. The third-order valence-corrected chi connectivity index (χ3v) is 2.63. The maximum Gasteiger partial charge on any atom is 0.279 e. The van der Waals surface area contributed by atoms with Gasteiger partial charge in [0.05, 0.1) is 18.8 Å². The predicted molar refractivity (Wildman–Crippen MR) is 70.7 cm³/mol. The van der Waals surface area contributed by atoms with E-state index in [1.807, 2.05) is 26.2 Å². The number of nitrogen functional groups attached to an aromatic ring is 1. The summed E-state index contributed by atoms with van der Waals surface area (Å²) >= 11 is 0. The Morgan fingerprint density at radius 3 is 2.63 bits per heavy atom. The monoisotopic (exact) mass is 268 g/mol. The standard InChI is InChI=1S/C12H20N4O3/c1-12(2,3)9-7-8(10(17)14-13)11(18)16(15-9)5-6-19-4/h7H,5-6,13H2,1-4H3,(H,14,17). The Balaban J connectivity index is 3.38. The van der Waals surface area contributed by atoms with Crippen molar-refractivity contribution in [3.05, 3.63) is 27.7 Å². The number of nitrogens with zero attached hydrogens (tertiary/aromatic N) is 2. The molecule has 0 aliphatic heterocycles. The molecule has 0 aliphatic rings. The molecule has 0 aromatic carbocycles. The molecule has 1 amide bonds. The molecule has 3 N–H and O–H groups in total. The van der Waals surface area contributed by atoms with Gasteiger partial charge in [-0.15, -0.1) is 0 Å². The van der Waals surface area contributed by atoms with E-state index in [4.69, 9.17) is 10.6 Å². The van der Waals surface area contributed by atoms with Crippen LogP contribution in [0.1, 0.15) is 36.8 Å². The lowest BCUT2D eigenvalue weighted by molar-refractivity contribution is 0.0950. The number of carbonyl (C=O) groups excluding carboxylic acids is 1. The molecule has 0 atom stereocenters. The van der Waals surface area contributed by atoms with E-state index in [1.165, 1.54) is 17.9 Å². The van der Waals surface area contributed by atoms with Gasteiger partial charge >= 0.3 is 0 Å². The number of amides is 1. The molecule has 1 aromatic heterocycles. The lowest BCUT2D eigenvalue weighted by Crippen LogP contribution is -2.39. The van der Waals surface area contributed by atoms with Gasteiger partial charge in [0.15, 0.2) is 0 Å². The Kier molecular flexibility index (Phi) is 4.79. The van der Waals surface area contributed by atoms with Gasteiger partial charge in [0.1, 0.15) is 5.56 Å². The Bertz CT molecular complexity index is 517. The highest BCUT2D eigenvalue weighted by Gasteiger charge is 2.21. The average Bonchev–Trinajstić information content (AvgIpc) is 2.35. The zero-order chi connectivity index (χ0) is 14.6. The van der Waals surface area contributed by atoms with Crippen molar-refractivity contribution in [1.29, 1.82) is 0 Å². The molecule has 0 bridgehead atoms. The zero-order valence-corrected chi connectivity index (χ0v) is 11.7. The van der Waals surface area contributed by atoms with Gasteiger partial charge in [-0.3, -0.25) is 15.0 Å². The van der Waals surface area contributed by atoms with Gasteiger partial charge in [-0.25, -0.2) is 10.5 Å². The molecule has 0 saturated carbocycles. The number of rotatable bonds is 4. The van der Waals surface area contributed by atoms with Crippen LogP contribution in [0.2, 0.25) is 0 Å². The van der Waals surface area contributed by atoms with Crippen LogP contribution in [0.15, 0.2) is 10.9 Å². The molecular formula is C12H20N4O3. The zero-order valence-electron chi connectivity index (χ0n) is 11.7. The van der Waals surface area contributed by atoms with Crippen molar-refractivity contribution in [3.8, 4) is 0 Å². The molecule has 0 unspecified atom stereocenters. The third kappa shape index (κ3) is 3.62. The molecule has 1 heterocycles. The highest BCUT2D eigenvalue weighted by atomic mass is 16.5. The molecule has 106 valence electrons. The highest BCUT2D eigenvalue weighted by molar-refractivity contribution is 5.93. The second-order valence-electron chi connectivity index (χ2n) is 5.19. The van der Waals surface area contributed by atoms with Crippen LogP contribution in [0.4, 0.5) is 0 Å². The maximum atomic E-state index is 12.1. The van der Waals surface area contributed by atoms with Crippen LogP contribution in [-0.4, -0.2) is 29.4 Å². The molecule has 19 heavy (non-hydrogen) atoms. The fourth-order valence-corrected chi connectivity index (χ4v) is 1.48. The number of methoxy groups -OCH3 is 1. The Morgan fingerprint density at radius 2 is 2.16 bits per heavy atom. The van der Waals surface area contributed by atoms with Crippen LogP contribution in [0.25, 0.3) is 0 Å². The average molecular weight is 268 g/mol. The molecule has 0 radical (unpaired) electrons. The minimum atomic E-state index is -0.621. The summed E-state index contributed by atoms with van der Waals surface area (Å²) < 4.78 is 6.16. The van der Waals surface area contributed by atoms with E-state index in [2.05, 4.69) is 5.10 Å². The predicted octanol–water partition coefficient (Wildman–Crippen LogP) is -0.209. The molecule has 0 aliphatic carbocycles. The number of aromatic nitrogens is 2. The van der Waals surface area contributed by atoms with Crippen molar-refractivity contribution < 1.29 is 9.53 Å². The fourth-order valence-electron chi connectivity index (χ4n) is 1.48. The van der Waals surface area contributed by atoms with E-state index in [1.54, 1.807) is 0 Å². The number of hydrogen-bond acceptors (Lipinski definition) is 5. The van der Waals surface area contributed by atoms with Crippen molar-refractivity contribution in [1.82, 2.24) is 15.2 Å². The van der Waals surface area contributed by atoms with Gasteiger partial charge in [-0.1, -0.05) is 20.8 Å². The van der Waals surface area contributed by atoms with E-state index >= 15 is 0 Å². The number of hydrogen-bond donors (Lipinski definition) is 2. The topological polar surface area (TPSA) is 99.2 Å². The summed E-state index contributed by atoms with van der Waals surface area (Å²) in [5.41, 5.74) is 1.83. The second kappa shape index (κ2) is 5.94. The number of nitrogens with one attached hydrogen (secondary N) is 1. The highest BCUT2D eigenvalue weighted by Crippen LogP contribution is 2.19. The van der Waals surface area contributed by atoms with E-state index in [9.17, 15) is 9.59 Å². The van der Waals surface area contributed by atoms with Gasteiger partial charge in [-0.05, 0) is 6.07 Å². The summed E-state index contributed by atoms with van der Waals surface area (Å²) in [6.45, 7) is 6.47. The van der Waals surface area contributed by atoms with Gasteiger partial charge in [0.25, 0.3) is 11.5 Å². The van der Waals surface area contributed by atoms with Crippen molar-refractivity contribution >= 4 is 5.91 Å². The normalized spacial score (nSPS) is 11.4. The minimum Gasteiger partial charge on any atom is -0.383 e. The summed E-state index contributed by atoms with van der Waals surface area (Å²) in [4.78, 5) is 23.7. The first-order valence-electron chi connectivity index (χ1n) is 5.93. The first-order chi connectivity index (χ1) is 8.81. The van der Waals surface area contributed by atoms with E-state index in [0.29, 0.717) is 12.3 Å². The summed E-state index contributed by atoms with van der Waals surface area (Å²) in [5, 5.41) is 4.26. The SMILES string of the molecule is COCCn1nc(C(C)(C)C)cc(C(=O)NN)c1=O. The van der Waals surface area contributed by atoms with Crippen LogP contribution in [0, 0.1) is 0 Å². The number of nitrogens with two attached hydrogens (primary N) is 1. The van der Waals surface area contributed by atoms with Crippen molar-refractivity contribution in [3.63, 3.8) is 0 Å². The molecule has 7 heteroatoms. The van der Waals surface area contributed by atoms with Gasteiger partial charge in [0, 0.05) is 12.5 Å². The molecular weight excluding hydrogens is 248 g/mol. The van der Waals surface area contributed by atoms with Gasteiger partial charge < -0.3 is 4.74 Å². The van der Waals surface area contributed by atoms with Crippen LogP contribution in [-0.2, 0) is 16.7 Å². The number of ether oxygens (including phenoxy) is 1. The van der Waals surface area contributed by atoms with Gasteiger partial charge in [-0.2, -0.15) is 5.10 Å². The van der Waals surface area contributed by atoms with Crippen molar-refractivity contribution in [2.75, 3.05) is 13.7 Å². The largest absolute Gasteiger partial charge is 0.383 e. The van der Waals surface area contributed by atoms with Crippen molar-refractivity contribution in [2.45, 2.75) is 32.7 Å². The first-order valence-corrected chi connectivity index (χ1v) is 5.93. The smallest absolute Gasteiger partial charge is 0.279 e. The van der Waals surface area contributed by atoms with Crippen LogP contribution in [0.5, 0.6) is 0 Å². The Labute approximate surface area is 111 Å². The Morgan fingerprint density at radius 1 is 1.53 bits per heavy atom. The lowest BCUT2D eigenvalue weighted by Gasteiger charge is -2.19. The third-order valence-electron chi connectivity index (χ3n) is 2.63. The minimum absolute atomic E-state index is 0.0153. The molecule has 7 nitrogen and oxygen atoms in total. The second-order valence-corrected chi connectivity index (χ2v) is 5.19. The number of hydrazine groups is 1.